The Morgan fingerprint density at radius 1 is 1.31 bits per heavy atom. The molecule has 0 saturated heterocycles. The molecular weight excluding hydrogens is 389 g/mol. The van der Waals surface area contributed by atoms with Crippen molar-refractivity contribution < 1.29 is 27.4 Å². The summed E-state index contributed by atoms with van der Waals surface area (Å²) in [6.07, 6.45) is -5.86. The molecule has 2 aromatic rings. The summed E-state index contributed by atoms with van der Waals surface area (Å²) < 4.78 is 51.1. The summed E-state index contributed by atoms with van der Waals surface area (Å²) in [5, 5.41) is 9.16. The van der Waals surface area contributed by atoms with E-state index in [4.69, 9.17) is 14.7 Å². The number of benzene rings is 1. The van der Waals surface area contributed by atoms with Crippen LogP contribution in [0, 0.1) is 18.3 Å². The monoisotopic (exact) mass is 408 g/mol. The number of ether oxygens (including phenoxy) is 2. The highest BCUT2D eigenvalue weighted by Crippen LogP contribution is 2.33. The summed E-state index contributed by atoms with van der Waals surface area (Å²) in [6, 6.07) is 8.53. The minimum absolute atomic E-state index is 0.114. The minimum Gasteiger partial charge on any atom is -0.359 e. The quantitative estimate of drug-likeness (QED) is 0.657. The average Bonchev–Trinajstić information content (AvgIpc) is 2.66. The van der Waals surface area contributed by atoms with E-state index in [1.165, 1.54) is 26.2 Å². The number of alkyl halides is 3. The highest BCUT2D eigenvalue weighted by Gasteiger charge is 2.37. The lowest BCUT2D eigenvalue weighted by Crippen LogP contribution is -2.34. The number of ketones is 1. The molecule has 6 nitrogen and oxygen atoms in total. The highest BCUT2D eigenvalue weighted by molar-refractivity contribution is 5.83. The van der Waals surface area contributed by atoms with E-state index in [1.807, 2.05) is 0 Å². The Morgan fingerprint density at radius 3 is 2.55 bits per heavy atom. The molecular formula is C20H19F3N2O4. The number of carbonyl (C=O) groups excluding carboxylic acids is 1. The number of hydrogen-bond donors (Lipinski definition) is 0. The highest BCUT2D eigenvalue weighted by atomic mass is 19.4. The van der Waals surface area contributed by atoms with Gasteiger partial charge in [0.25, 0.3) is 5.56 Å². The number of hydrogen-bond acceptors (Lipinski definition) is 5. The Hall–Kier alpha value is -2.96. The van der Waals surface area contributed by atoms with Gasteiger partial charge in [0.2, 0.25) is 0 Å². The number of nitriles is 1. The van der Waals surface area contributed by atoms with Gasteiger partial charge in [-0.1, -0.05) is 23.8 Å². The first kappa shape index (κ1) is 22.3. The van der Waals surface area contributed by atoms with Crippen LogP contribution in [0.25, 0.3) is 11.3 Å². The Bertz CT molecular complexity index is 1010. The molecule has 0 aliphatic carbocycles. The zero-order valence-electron chi connectivity index (χ0n) is 16.0. The second kappa shape index (κ2) is 9.03. The number of rotatable bonds is 7. The minimum atomic E-state index is -4.90. The molecule has 0 aliphatic heterocycles. The van der Waals surface area contributed by atoms with Crippen LogP contribution in [0.4, 0.5) is 13.2 Å². The number of carbonyl (C=O) groups is 1. The molecule has 0 saturated carbocycles. The third-order valence-electron chi connectivity index (χ3n) is 4.23. The van der Waals surface area contributed by atoms with Crippen LogP contribution >= 0.6 is 0 Å². The molecule has 1 aromatic heterocycles. The Morgan fingerprint density at radius 2 is 2.00 bits per heavy atom. The van der Waals surface area contributed by atoms with Gasteiger partial charge >= 0.3 is 6.18 Å². The SMILES string of the molecule is COCOC(C)C(=O)Cn1c(-c2cccc(C)c2)cc(C(F)(F)F)c(C#N)c1=O. The number of aryl methyl sites for hydroxylation is 1. The first-order chi connectivity index (χ1) is 13.6. The zero-order chi connectivity index (χ0) is 21.8. The van der Waals surface area contributed by atoms with E-state index in [-0.39, 0.29) is 12.5 Å². The number of Topliss-reactive ketones (excluding diaryl/α,β-unsaturated/α-hetero) is 1. The van der Waals surface area contributed by atoms with Crippen molar-refractivity contribution in [2.75, 3.05) is 13.9 Å². The van der Waals surface area contributed by atoms with Crippen molar-refractivity contribution in [2.24, 2.45) is 0 Å². The van der Waals surface area contributed by atoms with Crippen LogP contribution in [0.2, 0.25) is 0 Å². The van der Waals surface area contributed by atoms with Crippen LogP contribution in [0.1, 0.15) is 23.6 Å². The van der Waals surface area contributed by atoms with Crippen LogP contribution < -0.4 is 5.56 Å². The maximum absolute atomic E-state index is 13.5. The predicted octanol–water partition coefficient (Wildman–Crippen LogP) is 3.29. The molecule has 0 bridgehead atoms. The first-order valence-electron chi connectivity index (χ1n) is 8.55. The lowest BCUT2D eigenvalue weighted by molar-refractivity contribution is -0.138. The smallest absolute Gasteiger partial charge is 0.359 e. The first-order valence-corrected chi connectivity index (χ1v) is 8.55. The Balaban J connectivity index is 2.69. The molecule has 0 aliphatic rings. The molecule has 1 aromatic carbocycles. The molecule has 1 heterocycles. The summed E-state index contributed by atoms with van der Waals surface area (Å²) in [7, 11) is 1.37. The third-order valence-corrected chi connectivity index (χ3v) is 4.23. The van der Waals surface area contributed by atoms with Crippen LogP contribution in [-0.2, 0) is 27.0 Å². The van der Waals surface area contributed by atoms with Crippen LogP contribution in [0.15, 0.2) is 35.1 Å². The largest absolute Gasteiger partial charge is 0.417 e. The molecule has 1 atom stereocenters. The van der Waals surface area contributed by atoms with Gasteiger partial charge in [-0.3, -0.25) is 14.2 Å². The molecule has 0 spiro atoms. The average molecular weight is 408 g/mol. The number of aromatic nitrogens is 1. The summed E-state index contributed by atoms with van der Waals surface area (Å²) in [5.74, 6) is -0.554. The molecule has 0 N–H and O–H groups in total. The van der Waals surface area contributed by atoms with Gasteiger partial charge in [0.1, 0.15) is 24.5 Å². The van der Waals surface area contributed by atoms with Crippen molar-refractivity contribution in [3.63, 3.8) is 0 Å². The normalized spacial score (nSPS) is 12.4. The summed E-state index contributed by atoms with van der Waals surface area (Å²) in [6.45, 7) is 2.46. The van der Waals surface area contributed by atoms with E-state index in [0.717, 1.165) is 16.2 Å². The van der Waals surface area contributed by atoms with E-state index < -0.39 is 41.3 Å². The standard InChI is InChI=1S/C20H19F3N2O4/c1-12-5-4-6-14(7-12)17-8-16(20(21,22)23)15(9-24)19(27)25(17)10-18(26)13(2)29-11-28-3/h4-8,13H,10-11H2,1-3H3. The fraction of sp³-hybridized carbons (Fsp3) is 0.350. The maximum atomic E-state index is 13.5. The van der Waals surface area contributed by atoms with Crippen molar-refractivity contribution in [2.45, 2.75) is 32.7 Å². The van der Waals surface area contributed by atoms with Crippen LogP contribution in [-0.4, -0.2) is 30.4 Å². The topological polar surface area (TPSA) is 81.3 Å². The van der Waals surface area contributed by atoms with Gasteiger partial charge in [-0.15, -0.1) is 0 Å². The fourth-order valence-electron chi connectivity index (χ4n) is 2.73. The molecule has 0 radical (unpaired) electrons. The van der Waals surface area contributed by atoms with E-state index in [2.05, 4.69) is 0 Å². The number of halogens is 3. The van der Waals surface area contributed by atoms with E-state index in [1.54, 1.807) is 25.1 Å². The summed E-state index contributed by atoms with van der Waals surface area (Å²) in [4.78, 5) is 25.2. The molecule has 0 fully saturated rings. The van der Waals surface area contributed by atoms with Crippen LogP contribution in [0.3, 0.4) is 0 Å². The number of nitrogens with zero attached hydrogens (tertiary/aromatic N) is 2. The van der Waals surface area contributed by atoms with Gasteiger partial charge in [0, 0.05) is 7.11 Å². The van der Waals surface area contributed by atoms with E-state index in [0.29, 0.717) is 5.56 Å². The van der Waals surface area contributed by atoms with Crippen molar-refractivity contribution >= 4 is 5.78 Å². The molecule has 2 rings (SSSR count). The third kappa shape index (κ3) is 5.10. The molecule has 1 unspecified atom stereocenters. The summed E-state index contributed by atoms with van der Waals surface area (Å²) >= 11 is 0. The van der Waals surface area contributed by atoms with Gasteiger partial charge in [0.05, 0.1) is 17.8 Å². The molecule has 9 heteroatoms. The van der Waals surface area contributed by atoms with Gasteiger partial charge in [-0.25, -0.2) is 0 Å². The molecule has 29 heavy (non-hydrogen) atoms. The summed E-state index contributed by atoms with van der Waals surface area (Å²) in [5.41, 5.74) is -2.64. The van der Waals surface area contributed by atoms with Gasteiger partial charge in [-0.2, -0.15) is 18.4 Å². The van der Waals surface area contributed by atoms with Crippen LogP contribution in [0.5, 0.6) is 0 Å². The van der Waals surface area contributed by atoms with Gasteiger partial charge in [-0.05, 0) is 31.5 Å². The number of pyridine rings is 1. The molecule has 0 amide bonds. The van der Waals surface area contributed by atoms with Crippen molar-refractivity contribution in [3.05, 3.63) is 57.4 Å². The van der Waals surface area contributed by atoms with Gasteiger partial charge in [0.15, 0.2) is 5.78 Å². The Labute approximate surface area is 165 Å². The second-order valence-electron chi connectivity index (χ2n) is 6.37. The molecule has 154 valence electrons. The van der Waals surface area contributed by atoms with Crippen molar-refractivity contribution in [3.8, 4) is 17.3 Å². The van der Waals surface area contributed by atoms with Crippen molar-refractivity contribution in [1.82, 2.24) is 4.57 Å². The lowest BCUT2D eigenvalue weighted by atomic mass is 10.0. The maximum Gasteiger partial charge on any atom is 0.417 e. The van der Waals surface area contributed by atoms with Gasteiger partial charge < -0.3 is 9.47 Å². The fourth-order valence-corrected chi connectivity index (χ4v) is 2.73. The zero-order valence-corrected chi connectivity index (χ0v) is 16.0. The second-order valence-corrected chi connectivity index (χ2v) is 6.37. The van der Waals surface area contributed by atoms with E-state index >= 15 is 0 Å². The number of methoxy groups -OCH3 is 1. The van der Waals surface area contributed by atoms with Crippen molar-refractivity contribution in [1.29, 1.82) is 5.26 Å². The lowest BCUT2D eigenvalue weighted by Gasteiger charge is -2.19. The Kier molecular flexibility index (Phi) is 6.95. The van der Waals surface area contributed by atoms with E-state index in [9.17, 15) is 22.8 Å². The predicted molar refractivity (Wildman–Crippen MR) is 98.0 cm³/mol.